The molecule has 3 nitrogen and oxygen atoms in total. The molecule has 2 aliphatic heterocycles. The van der Waals surface area contributed by atoms with Gasteiger partial charge < -0.3 is 4.74 Å². The highest BCUT2D eigenvalue weighted by atomic mass is 32.2. The van der Waals surface area contributed by atoms with Gasteiger partial charge in [-0.15, -0.1) is 0 Å². The predicted molar refractivity (Wildman–Crippen MR) is 101 cm³/mol. The van der Waals surface area contributed by atoms with Gasteiger partial charge in [0, 0.05) is 18.4 Å². The zero-order valence-electron chi connectivity index (χ0n) is 14.1. The first kappa shape index (κ1) is 15.6. The fourth-order valence-electron chi connectivity index (χ4n) is 3.44. The minimum absolute atomic E-state index is 0.0281. The predicted octanol–water partition coefficient (Wildman–Crippen LogP) is 4.62. The lowest BCUT2D eigenvalue weighted by Gasteiger charge is -2.38. The fourth-order valence-corrected chi connectivity index (χ4v) is 3.88. The Morgan fingerprint density at radius 1 is 1.17 bits per heavy atom. The number of rotatable bonds is 4. The van der Waals surface area contributed by atoms with E-state index >= 15 is 0 Å². The van der Waals surface area contributed by atoms with Crippen LogP contribution in [0.25, 0.3) is 0 Å². The molecule has 2 aromatic rings. The summed E-state index contributed by atoms with van der Waals surface area (Å²) >= 11 is 1.85. The summed E-state index contributed by atoms with van der Waals surface area (Å²) in [5.74, 6) is 2.09. The maximum Gasteiger partial charge on any atom is 0.188 e. The summed E-state index contributed by atoms with van der Waals surface area (Å²) in [7, 11) is 0. The number of thioether (sulfide) groups is 1. The van der Waals surface area contributed by atoms with Crippen molar-refractivity contribution in [1.82, 2.24) is 5.01 Å². The Balaban J connectivity index is 1.68. The highest BCUT2D eigenvalue weighted by Crippen LogP contribution is 2.43. The van der Waals surface area contributed by atoms with Crippen LogP contribution in [0.15, 0.2) is 53.6 Å². The topological polar surface area (TPSA) is 24.8 Å². The van der Waals surface area contributed by atoms with Crippen molar-refractivity contribution in [3.8, 4) is 5.75 Å². The minimum atomic E-state index is 0.0281. The van der Waals surface area contributed by atoms with Crippen LogP contribution in [0.2, 0.25) is 0 Å². The standard InChI is InChI=1S/C20H22N2OS/c1-14-7-9-15(10-8-14)17-13-18-16-5-3-4-6-19(16)23-20(11-12-24-2)22(18)21-17/h3-10,18,20H,11-13H2,1-2H3. The molecule has 24 heavy (non-hydrogen) atoms. The maximum atomic E-state index is 6.26. The third kappa shape index (κ3) is 2.80. The van der Waals surface area contributed by atoms with E-state index in [1.807, 2.05) is 11.8 Å². The average molecular weight is 338 g/mol. The molecule has 0 bridgehead atoms. The Morgan fingerprint density at radius 2 is 1.96 bits per heavy atom. The Hall–Kier alpha value is -1.94. The molecule has 2 aromatic carbocycles. The normalized spacial score (nSPS) is 21.8. The number of hydrogen-bond acceptors (Lipinski definition) is 4. The van der Waals surface area contributed by atoms with Gasteiger partial charge in [0.15, 0.2) is 6.23 Å². The van der Waals surface area contributed by atoms with E-state index in [4.69, 9.17) is 9.84 Å². The van der Waals surface area contributed by atoms with Gasteiger partial charge >= 0.3 is 0 Å². The van der Waals surface area contributed by atoms with Crippen LogP contribution in [0, 0.1) is 6.92 Å². The second kappa shape index (κ2) is 6.52. The van der Waals surface area contributed by atoms with Crippen molar-refractivity contribution in [3.05, 3.63) is 65.2 Å². The van der Waals surface area contributed by atoms with E-state index in [2.05, 4.69) is 66.7 Å². The molecule has 2 aliphatic rings. The molecule has 0 saturated heterocycles. The van der Waals surface area contributed by atoms with E-state index in [-0.39, 0.29) is 12.3 Å². The van der Waals surface area contributed by atoms with Crippen molar-refractivity contribution in [2.45, 2.75) is 32.0 Å². The van der Waals surface area contributed by atoms with E-state index in [0.717, 1.165) is 30.1 Å². The Kier molecular flexibility index (Phi) is 4.23. The van der Waals surface area contributed by atoms with Gasteiger partial charge in [-0.3, -0.25) is 5.01 Å². The summed E-state index contributed by atoms with van der Waals surface area (Å²) in [6.45, 7) is 2.12. The van der Waals surface area contributed by atoms with E-state index < -0.39 is 0 Å². The van der Waals surface area contributed by atoms with Crippen LogP contribution < -0.4 is 4.74 Å². The molecule has 0 amide bonds. The Labute approximate surface area is 147 Å². The largest absolute Gasteiger partial charge is 0.469 e. The van der Waals surface area contributed by atoms with Crippen molar-refractivity contribution in [3.63, 3.8) is 0 Å². The van der Waals surface area contributed by atoms with Crippen LogP contribution in [-0.2, 0) is 0 Å². The SMILES string of the molecule is CSCCC1Oc2ccccc2C2CC(c3ccc(C)cc3)=NN12. The van der Waals surface area contributed by atoms with Crippen LogP contribution in [0.4, 0.5) is 0 Å². The molecule has 0 aliphatic carbocycles. The molecule has 4 rings (SSSR count). The molecular weight excluding hydrogens is 316 g/mol. The van der Waals surface area contributed by atoms with Gasteiger partial charge in [0.1, 0.15) is 5.75 Å². The molecule has 0 fully saturated rings. The molecule has 0 radical (unpaired) electrons. The molecular formula is C20H22N2OS. The molecule has 2 unspecified atom stereocenters. The first-order valence-electron chi connectivity index (χ1n) is 8.43. The number of nitrogens with zero attached hydrogens (tertiary/aromatic N) is 2. The first-order chi connectivity index (χ1) is 11.8. The molecule has 0 aromatic heterocycles. The molecule has 0 N–H and O–H groups in total. The van der Waals surface area contributed by atoms with Crippen LogP contribution in [0.1, 0.15) is 35.6 Å². The number of hydrazone groups is 1. The first-order valence-corrected chi connectivity index (χ1v) is 9.83. The second-order valence-electron chi connectivity index (χ2n) is 6.40. The van der Waals surface area contributed by atoms with Gasteiger partial charge in [0.25, 0.3) is 0 Å². The summed E-state index contributed by atoms with van der Waals surface area (Å²) in [6, 6.07) is 17.4. The van der Waals surface area contributed by atoms with E-state index in [1.165, 1.54) is 16.7 Å². The Bertz CT molecular complexity index is 756. The summed E-state index contributed by atoms with van der Waals surface area (Å²) in [4.78, 5) is 0. The zero-order valence-corrected chi connectivity index (χ0v) is 14.9. The van der Waals surface area contributed by atoms with Gasteiger partial charge in [0.05, 0.1) is 11.8 Å². The van der Waals surface area contributed by atoms with Gasteiger partial charge in [-0.2, -0.15) is 16.9 Å². The molecule has 0 spiro atoms. The number of hydrogen-bond donors (Lipinski definition) is 0. The highest BCUT2D eigenvalue weighted by Gasteiger charge is 2.39. The lowest BCUT2D eigenvalue weighted by molar-refractivity contribution is -0.0180. The van der Waals surface area contributed by atoms with Gasteiger partial charge in [0.2, 0.25) is 0 Å². The van der Waals surface area contributed by atoms with Crippen LogP contribution in [0.3, 0.4) is 0 Å². The third-order valence-electron chi connectivity index (χ3n) is 4.73. The average Bonchev–Trinajstić information content (AvgIpc) is 3.06. The molecule has 124 valence electrons. The van der Waals surface area contributed by atoms with Crippen LogP contribution in [-0.4, -0.2) is 29.0 Å². The third-order valence-corrected chi connectivity index (χ3v) is 5.38. The summed E-state index contributed by atoms with van der Waals surface area (Å²) in [5.41, 5.74) is 4.91. The number of fused-ring (bicyclic) bond motifs is 3. The highest BCUT2D eigenvalue weighted by molar-refractivity contribution is 7.98. The van der Waals surface area contributed by atoms with Crippen molar-refractivity contribution in [1.29, 1.82) is 0 Å². The quantitative estimate of drug-likeness (QED) is 0.813. The minimum Gasteiger partial charge on any atom is -0.469 e. The number of aryl methyl sites for hydroxylation is 1. The van der Waals surface area contributed by atoms with Gasteiger partial charge in [-0.1, -0.05) is 48.0 Å². The monoisotopic (exact) mass is 338 g/mol. The lowest BCUT2D eigenvalue weighted by Crippen LogP contribution is -2.40. The van der Waals surface area contributed by atoms with Crippen LogP contribution >= 0.6 is 11.8 Å². The van der Waals surface area contributed by atoms with Crippen molar-refractivity contribution in [2.75, 3.05) is 12.0 Å². The van der Waals surface area contributed by atoms with Crippen molar-refractivity contribution >= 4 is 17.5 Å². The number of ether oxygens (including phenoxy) is 1. The van der Waals surface area contributed by atoms with Gasteiger partial charge in [-0.05, 0) is 30.6 Å². The molecule has 2 atom stereocenters. The molecule has 2 heterocycles. The Morgan fingerprint density at radius 3 is 2.75 bits per heavy atom. The summed E-state index contributed by atoms with van der Waals surface area (Å²) < 4.78 is 6.26. The fraction of sp³-hybridized carbons (Fsp3) is 0.350. The molecule has 4 heteroatoms. The lowest BCUT2D eigenvalue weighted by atomic mass is 9.96. The van der Waals surface area contributed by atoms with E-state index in [9.17, 15) is 0 Å². The van der Waals surface area contributed by atoms with Crippen molar-refractivity contribution < 1.29 is 4.74 Å². The smallest absolute Gasteiger partial charge is 0.188 e. The maximum absolute atomic E-state index is 6.26. The number of benzene rings is 2. The second-order valence-corrected chi connectivity index (χ2v) is 7.39. The summed E-state index contributed by atoms with van der Waals surface area (Å²) in [6.07, 6.45) is 4.09. The summed E-state index contributed by atoms with van der Waals surface area (Å²) in [5, 5.41) is 7.15. The van der Waals surface area contributed by atoms with E-state index in [0.29, 0.717) is 0 Å². The van der Waals surface area contributed by atoms with Gasteiger partial charge in [-0.25, -0.2) is 0 Å². The van der Waals surface area contributed by atoms with Crippen molar-refractivity contribution in [2.24, 2.45) is 5.10 Å². The zero-order chi connectivity index (χ0) is 16.5. The van der Waals surface area contributed by atoms with Crippen LogP contribution in [0.5, 0.6) is 5.75 Å². The molecule has 0 saturated carbocycles. The van der Waals surface area contributed by atoms with E-state index in [1.54, 1.807) is 0 Å². The number of para-hydroxylation sites is 1.